The van der Waals surface area contributed by atoms with Crippen molar-refractivity contribution in [3.63, 3.8) is 0 Å². The summed E-state index contributed by atoms with van der Waals surface area (Å²) >= 11 is 0. The van der Waals surface area contributed by atoms with Crippen molar-refractivity contribution in [2.45, 2.75) is 24.7 Å². The molecule has 1 aromatic heterocycles. The number of alkyl halides is 3. The first-order chi connectivity index (χ1) is 7.48. The van der Waals surface area contributed by atoms with Gasteiger partial charge in [-0.25, -0.2) is 0 Å². The molecule has 2 atom stereocenters. The van der Waals surface area contributed by atoms with Gasteiger partial charge in [0.15, 0.2) is 5.69 Å². The summed E-state index contributed by atoms with van der Waals surface area (Å²) in [4.78, 5) is 0. The van der Waals surface area contributed by atoms with Gasteiger partial charge in [0.1, 0.15) is 0 Å². The summed E-state index contributed by atoms with van der Waals surface area (Å²) in [7, 11) is 0. The largest absolute Gasteiger partial charge is 0.435 e. The third-order valence-corrected chi connectivity index (χ3v) is 2.62. The van der Waals surface area contributed by atoms with E-state index in [1.54, 1.807) is 0 Å². The van der Waals surface area contributed by atoms with Crippen molar-refractivity contribution >= 4 is 0 Å². The van der Waals surface area contributed by atoms with Gasteiger partial charge in [-0.1, -0.05) is 0 Å². The van der Waals surface area contributed by atoms with Crippen molar-refractivity contribution in [1.29, 1.82) is 0 Å². The van der Waals surface area contributed by atoms with Gasteiger partial charge in [0.2, 0.25) is 0 Å². The van der Waals surface area contributed by atoms with Crippen LogP contribution in [0, 0.1) is 0 Å². The van der Waals surface area contributed by atoms with Crippen LogP contribution in [0.2, 0.25) is 0 Å². The lowest BCUT2D eigenvalue weighted by molar-refractivity contribution is -0.141. The molecule has 0 aliphatic carbocycles. The van der Waals surface area contributed by atoms with Gasteiger partial charge < -0.3 is 10.5 Å². The molecule has 1 saturated heterocycles. The van der Waals surface area contributed by atoms with Crippen molar-refractivity contribution in [2.75, 3.05) is 13.2 Å². The fourth-order valence-electron chi connectivity index (χ4n) is 1.69. The summed E-state index contributed by atoms with van der Waals surface area (Å²) in [6.07, 6.45) is -2.49. The maximum atomic E-state index is 12.3. The Balaban J connectivity index is 2.18. The Morgan fingerprint density at radius 2 is 2.25 bits per heavy atom. The van der Waals surface area contributed by atoms with E-state index in [1.807, 2.05) is 0 Å². The standard InChI is InChI=1S/C9H12F3N3O/c10-9(11,12)8-1-3-15(14-8)7-5-16-4-2-6(7)13/h1,3,6-7H,2,4-5,13H2. The maximum absolute atomic E-state index is 12.3. The molecule has 90 valence electrons. The van der Waals surface area contributed by atoms with E-state index in [0.717, 1.165) is 6.07 Å². The minimum absolute atomic E-state index is 0.213. The van der Waals surface area contributed by atoms with Crippen molar-refractivity contribution in [1.82, 2.24) is 9.78 Å². The zero-order valence-electron chi connectivity index (χ0n) is 8.44. The lowest BCUT2D eigenvalue weighted by atomic mass is 10.1. The maximum Gasteiger partial charge on any atom is 0.435 e. The van der Waals surface area contributed by atoms with E-state index in [0.29, 0.717) is 19.6 Å². The van der Waals surface area contributed by atoms with Gasteiger partial charge in [-0.3, -0.25) is 4.68 Å². The van der Waals surface area contributed by atoms with Crippen LogP contribution in [0.1, 0.15) is 18.2 Å². The Labute approximate surface area is 90.2 Å². The third kappa shape index (κ3) is 2.19. The minimum Gasteiger partial charge on any atom is -0.379 e. The predicted octanol–water partition coefficient (Wildman–Crippen LogP) is 1.19. The molecule has 1 fully saturated rings. The van der Waals surface area contributed by atoms with E-state index in [-0.39, 0.29) is 12.1 Å². The van der Waals surface area contributed by atoms with Crippen molar-refractivity contribution < 1.29 is 17.9 Å². The van der Waals surface area contributed by atoms with Crippen LogP contribution in [0.15, 0.2) is 12.3 Å². The highest BCUT2D eigenvalue weighted by Crippen LogP contribution is 2.28. The first-order valence-corrected chi connectivity index (χ1v) is 4.94. The quantitative estimate of drug-likeness (QED) is 0.795. The number of nitrogens with zero attached hydrogens (tertiary/aromatic N) is 2. The number of aromatic nitrogens is 2. The molecule has 0 saturated carbocycles. The number of hydrogen-bond acceptors (Lipinski definition) is 3. The van der Waals surface area contributed by atoms with Crippen LogP contribution in [0.4, 0.5) is 13.2 Å². The molecule has 16 heavy (non-hydrogen) atoms. The zero-order valence-corrected chi connectivity index (χ0v) is 8.44. The molecule has 0 amide bonds. The van der Waals surface area contributed by atoms with E-state index < -0.39 is 11.9 Å². The van der Waals surface area contributed by atoms with Crippen LogP contribution in [0.5, 0.6) is 0 Å². The topological polar surface area (TPSA) is 53.1 Å². The molecule has 0 bridgehead atoms. The Hall–Kier alpha value is -1.08. The van der Waals surface area contributed by atoms with Crippen LogP contribution in [-0.2, 0) is 10.9 Å². The predicted molar refractivity (Wildman–Crippen MR) is 49.7 cm³/mol. The second-order valence-electron chi connectivity index (χ2n) is 3.77. The summed E-state index contributed by atoms with van der Waals surface area (Å²) in [5.41, 5.74) is 4.91. The molecule has 2 heterocycles. The number of hydrogen-bond donors (Lipinski definition) is 1. The summed E-state index contributed by atoms with van der Waals surface area (Å²) in [6.45, 7) is 0.852. The monoisotopic (exact) mass is 235 g/mol. The highest BCUT2D eigenvalue weighted by Gasteiger charge is 2.35. The van der Waals surface area contributed by atoms with Crippen LogP contribution in [0.25, 0.3) is 0 Å². The van der Waals surface area contributed by atoms with Crippen LogP contribution in [0.3, 0.4) is 0 Å². The second kappa shape index (κ2) is 4.06. The molecule has 0 aromatic carbocycles. The summed E-state index contributed by atoms with van der Waals surface area (Å²) in [5, 5.41) is 3.49. The summed E-state index contributed by atoms with van der Waals surface area (Å²) < 4.78 is 43.4. The average molecular weight is 235 g/mol. The molecule has 2 unspecified atom stereocenters. The van der Waals surface area contributed by atoms with Gasteiger partial charge in [0.25, 0.3) is 0 Å². The molecule has 0 spiro atoms. The fraction of sp³-hybridized carbons (Fsp3) is 0.667. The lowest BCUT2D eigenvalue weighted by Gasteiger charge is -2.28. The third-order valence-electron chi connectivity index (χ3n) is 2.62. The number of halogens is 3. The molecule has 7 heteroatoms. The van der Waals surface area contributed by atoms with E-state index in [4.69, 9.17) is 10.5 Å². The highest BCUT2D eigenvalue weighted by molar-refractivity contribution is 5.04. The molecular formula is C9H12F3N3O. The normalized spacial score (nSPS) is 27.0. The lowest BCUT2D eigenvalue weighted by Crippen LogP contribution is -2.40. The van der Waals surface area contributed by atoms with E-state index >= 15 is 0 Å². The molecule has 4 nitrogen and oxygen atoms in total. The minimum atomic E-state index is -4.41. The zero-order chi connectivity index (χ0) is 11.8. The molecular weight excluding hydrogens is 223 g/mol. The number of nitrogens with two attached hydrogens (primary N) is 1. The van der Waals surface area contributed by atoms with Crippen molar-refractivity contribution in [2.24, 2.45) is 5.73 Å². The van der Waals surface area contributed by atoms with Crippen molar-refractivity contribution in [3.05, 3.63) is 18.0 Å². The Bertz CT molecular complexity index is 363. The molecule has 0 radical (unpaired) electrons. The van der Waals surface area contributed by atoms with E-state index in [1.165, 1.54) is 10.9 Å². The van der Waals surface area contributed by atoms with Crippen molar-refractivity contribution in [3.8, 4) is 0 Å². The SMILES string of the molecule is NC1CCOCC1n1ccc(C(F)(F)F)n1. The molecule has 1 aromatic rings. The smallest absolute Gasteiger partial charge is 0.379 e. The first-order valence-electron chi connectivity index (χ1n) is 4.94. The fourth-order valence-corrected chi connectivity index (χ4v) is 1.69. The second-order valence-corrected chi connectivity index (χ2v) is 3.77. The van der Waals surface area contributed by atoms with Gasteiger partial charge in [0.05, 0.1) is 12.6 Å². The van der Waals surface area contributed by atoms with Gasteiger partial charge >= 0.3 is 6.18 Å². The van der Waals surface area contributed by atoms with Gasteiger partial charge in [-0.2, -0.15) is 18.3 Å². The Kier molecular flexibility index (Phi) is 2.90. The molecule has 2 N–H and O–H groups in total. The van der Waals surface area contributed by atoms with Crippen LogP contribution < -0.4 is 5.73 Å². The summed E-state index contributed by atoms with van der Waals surface area (Å²) in [5.74, 6) is 0. The van der Waals surface area contributed by atoms with Gasteiger partial charge in [0, 0.05) is 18.8 Å². The van der Waals surface area contributed by atoms with Crippen LogP contribution >= 0.6 is 0 Å². The summed E-state index contributed by atoms with van der Waals surface area (Å²) in [6, 6.07) is 0.418. The van der Waals surface area contributed by atoms with Crippen LogP contribution in [-0.4, -0.2) is 29.0 Å². The van der Waals surface area contributed by atoms with Gasteiger partial charge in [-0.05, 0) is 12.5 Å². The van der Waals surface area contributed by atoms with E-state index in [9.17, 15) is 13.2 Å². The molecule has 1 aliphatic heterocycles. The number of rotatable bonds is 1. The van der Waals surface area contributed by atoms with Gasteiger partial charge in [-0.15, -0.1) is 0 Å². The number of ether oxygens (including phenoxy) is 1. The van der Waals surface area contributed by atoms with E-state index in [2.05, 4.69) is 5.10 Å². The first kappa shape index (κ1) is 11.4. The Morgan fingerprint density at radius 3 is 2.81 bits per heavy atom. The average Bonchev–Trinajstić information content (AvgIpc) is 2.66. The molecule has 2 rings (SSSR count). The Morgan fingerprint density at radius 1 is 1.50 bits per heavy atom. The highest BCUT2D eigenvalue weighted by atomic mass is 19.4. The molecule has 1 aliphatic rings.